The van der Waals surface area contributed by atoms with Crippen LogP contribution in [-0.2, 0) is 6.42 Å². The van der Waals surface area contributed by atoms with Crippen LogP contribution in [0.3, 0.4) is 0 Å². The summed E-state index contributed by atoms with van der Waals surface area (Å²) < 4.78 is 41.6. The van der Waals surface area contributed by atoms with Gasteiger partial charge in [0.25, 0.3) is 0 Å². The molecule has 0 amide bonds. The summed E-state index contributed by atoms with van der Waals surface area (Å²) in [6.45, 7) is 6.91. The Morgan fingerprint density at radius 2 is 1.59 bits per heavy atom. The van der Waals surface area contributed by atoms with Gasteiger partial charge in [-0.15, -0.1) is 0 Å². The van der Waals surface area contributed by atoms with E-state index in [9.17, 15) is 13.2 Å². The zero-order valence-electron chi connectivity index (χ0n) is 10.8. The molecule has 17 heavy (non-hydrogen) atoms. The minimum absolute atomic E-state index is 0.105. The second-order valence-corrected chi connectivity index (χ2v) is 4.72. The van der Waals surface area contributed by atoms with Crippen LogP contribution in [0, 0.1) is 24.4 Å². The lowest BCUT2D eigenvalue weighted by Gasteiger charge is -2.16. The largest absolute Gasteiger partial charge is 0.206 e. The SMILES string of the molecule is CCCCc1c(F)c(C)c(C(C)C)c(F)c1F. The Bertz CT molecular complexity index is 379. The molecule has 3 heteroatoms. The van der Waals surface area contributed by atoms with E-state index in [0.717, 1.165) is 6.42 Å². The van der Waals surface area contributed by atoms with Gasteiger partial charge in [-0.05, 0) is 36.8 Å². The Morgan fingerprint density at radius 3 is 2.06 bits per heavy atom. The van der Waals surface area contributed by atoms with Gasteiger partial charge in [0.05, 0.1) is 0 Å². The fourth-order valence-electron chi connectivity index (χ4n) is 2.12. The fourth-order valence-corrected chi connectivity index (χ4v) is 2.12. The molecule has 0 aliphatic heterocycles. The van der Waals surface area contributed by atoms with Crippen LogP contribution in [0.4, 0.5) is 13.2 Å². The van der Waals surface area contributed by atoms with E-state index in [0.29, 0.717) is 6.42 Å². The highest BCUT2D eigenvalue weighted by molar-refractivity contribution is 5.37. The molecule has 0 nitrogen and oxygen atoms in total. The number of halogens is 3. The van der Waals surface area contributed by atoms with Crippen molar-refractivity contribution in [2.45, 2.75) is 52.9 Å². The molecule has 0 N–H and O–H groups in total. The molecule has 1 aromatic carbocycles. The Hall–Kier alpha value is -0.990. The van der Waals surface area contributed by atoms with E-state index in [1.807, 2.05) is 6.92 Å². The van der Waals surface area contributed by atoms with E-state index < -0.39 is 17.5 Å². The minimum atomic E-state index is -1.01. The van der Waals surface area contributed by atoms with Gasteiger partial charge >= 0.3 is 0 Å². The second-order valence-electron chi connectivity index (χ2n) is 4.72. The highest BCUT2D eigenvalue weighted by Crippen LogP contribution is 2.30. The maximum absolute atomic E-state index is 14.0. The molecule has 0 atom stereocenters. The standard InChI is InChI=1S/C14H19F3/c1-5-6-7-10-12(15)9(4)11(8(2)3)14(17)13(10)16/h8H,5-7H2,1-4H3. The Labute approximate surface area is 101 Å². The molecule has 0 aliphatic rings. The predicted molar refractivity (Wildman–Crippen MR) is 63.8 cm³/mol. The average Bonchev–Trinajstić information content (AvgIpc) is 2.26. The molecule has 0 unspecified atom stereocenters. The molecule has 0 bridgehead atoms. The number of hydrogen-bond acceptors (Lipinski definition) is 0. The molecule has 1 aromatic rings. The van der Waals surface area contributed by atoms with Gasteiger partial charge in [0, 0.05) is 5.56 Å². The summed E-state index contributed by atoms with van der Waals surface area (Å²) in [5.41, 5.74) is 0.288. The van der Waals surface area contributed by atoms with Crippen LogP contribution in [0.2, 0.25) is 0 Å². The second kappa shape index (κ2) is 5.56. The van der Waals surface area contributed by atoms with Gasteiger partial charge in [0.1, 0.15) is 5.82 Å². The van der Waals surface area contributed by atoms with E-state index in [1.165, 1.54) is 6.92 Å². The van der Waals surface area contributed by atoms with E-state index >= 15 is 0 Å². The molecular formula is C14H19F3. The van der Waals surface area contributed by atoms with Crippen molar-refractivity contribution in [2.24, 2.45) is 0 Å². The predicted octanol–water partition coefficient (Wildman–Crippen LogP) is 4.88. The van der Waals surface area contributed by atoms with Gasteiger partial charge in [0.15, 0.2) is 11.6 Å². The Morgan fingerprint density at radius 1 is 1.00 bits per heavy atom. The molecule has 0 aromatic heterocycles. The fraction of sp³-hybridized carbons (Fsp3) is 0.571. The summed E-state index contributed by atoms with van der Waals surface area (Å²) in [7, 11) is 0. The zero-order chi connectivity index (χ0) is 13.2. The lowest BCUT2D eigenvalue weighted by Crippen LogP contribution is -2.09. The molecule has 1 rings (SSSR count). The summed E-state index contributed by atoms with van der Waals surface area (Å²) in [4.78, 5) is 0. The molecule has 0 spiro atoms. The van der Waals surface area contributed by atoms with Crippen molar-refractivity contribution >= 4 is 0 Å². The van der Waals surface area contributed by atoms with E-state index in [1.54, 1.807) is 13.8 Å². The molecule has 0 radical (unpaired) electrons. The zero-order valence-corrected chi connectivity index (χ0v) is 10.8. The van der Waals surface area contributed by atoms with Crippen LogP contribution in [0.15, 0.2) is 0 Å². The smallest absolute Gasteiger partial charge is 0.165 e. The summed E-state index contributed by atoms with van der Waals surface area (Å²) in [5, 5.41) is 0. The van der Waals surface area contributed by atoms with Crippen molar-refractivity contribution in [2.75, 3.05) is 0 Å². The number of hydrogen-bond donors (Lipinski definition) is 0. The van der Waals surface area contributed by atoms with Crippen LogP contribution >= 0.6 is 0 Å². The van der Waals surface area contributed by atoms with Gasteiger partial charge in [-0.1, -0.05) is 27.2 Å². The average molecular weight is 244 g/mol. The molecule has 0 fully saturated rings. The highest BCUT2D eigenvalue weighted by Gasteiger charge is 2.23. The summed E-state index contributed by atoms with van der Waals surface area (Å²) in [6.07, 6.45) is 1.74. The number of unbranched alkanes of at least 4 members (excludes halogenated alkanes) is 1. The van der Waals surface area contributed by atoms with Gasteiger partial charge < -0.3 is 0 Å². The van der Waals surface area contributed by atoms with Gasteiger partial charge in [-0.2, -0.15) is 0 Å². The lowest BCUT2D eigenvalue weighted by atomic mass is 9.92. The van der Waals surface area contributed by atoms with Crippen molar-refractivity contribution in [3.8, 4) is 0 Å². The summed E-state index contributed by atoms with van der Waals surface area (Å²) in [6, 6.07) is 0. The summed E-state index contributed by atoms with van der Waals surface area (Å²) in [5.74, 6) is -2.70. The first-order valence-corrected chi connectivity index (χ1v) is 6.07. The molecule has 0 aliphatic carbocycles. The van der Waals surface area contributed by atoms with Gasteiger partial charge in [0.2, 0.25) is 0 Å². The van der Waals surface area contributed by atoms with Crippen molar-refractivity contribution in [1.82, 2.24) is 0 Å². The first-order chi connectivity index (χ1) is 7.91. The maximum atomic E-state index is 14.0. The van der Waals surface area contributed by atoms with Gasteiger partial charge in [-0.3, -0.25) is 0 Å². The van der Waals surface area contributed by atoms with Crippen molar-refractivity contribution < 1.29 is 13.2 Å². The normalized spacial score (nSPS) is 11.3. The first kappa shape index (κ1) is 14.1. The van der Waals surface area contributed by atoms with Crippen molar-refractivity contribution in [3.63, 3.8) is 0 Å². The van der Waals surface area contributed by atoms with Crippen LogP contribution < -0.4 is 0 Å². The molecular weight excluding hydrogens is 225 g/mol. The lowest BCUT2D eigenvalue weighted by molar-refractivity contribution is 0.459. The highest BCUT2D eigenvalue weighted by atomic mass is 19.2. The van der Waals surface area contributed by atoms with Crippen molar-refractivity contribution in [3.05, 3.63) is 34.1 Å². The minimum Gasteiger partial charge on any atom is -0.206 e. The van der Waals surface area contributed by atoms with E-state index in [2.05, 4.69) is 0 Å². The van der Waals surface area contributed by atoms with E-state index in [4.69, 9.17) is 0 Å². The Kier molecular flexibility index (Phi) is 4.61. The van der Waals surface area contributed by atoms with Crippen LogP contribution in [0.1, 0.15) is 56.2 Å². The van der Waals surface area contributed by atoms with Crippen LogP contribution in [-0.4, -0.2) is 0 Å². The number of benzene rings is 1. The summed E-state index contributed by atoms with van der Waals surface area (Å²) >= 11 is 0. The molecule has 0 saturated carbocycles. The topological polar surface area (TPSA) is 0 Å². The third-order valence-electron chi connectivity index (χ3n) is 3.05. The van der Waals surface area contributed by atoms with Crippen LogP contribution in [0.5, 0.6) is 0 Å². The number of rotatable bonds is 4. The molecule has 0 saturated heterocycles. The van der Waals surface area contributed by atoms with E-state index in [-0.39, 0.29) is 29.0 Å². The third-order valence-corrected chi connectivity index (χ3v) is 3.05. The maximum Gasteiger partial charge on any atom is 0.165 e. The van der Waals surface area contributed by atoms with Gasteiger partial charge in [-0.25, -0.2) is 13.2 Å². The van der Waals surface area contributed by atoms with Crippen molar-refractivity contribution in [1.29, 1.82) is 0 Å². The Balaban J connectivity index is 3.36. The van der Waals surface area contributed by atoms with Crippen LogP contribution in [0.25, 0.3) is 0 Å². The quantitative estimate of drug-likeness (QED) is 0.662. The molecule has 0 heterocycles. The first-order valence-electron chi connectivity index (χ1n) is 6.07. The molecule has 96 valence electrons. The third kappa shape index (κ3) is 2.64. The monoisotopic (exact) mass is 244 g/mol.